The van der Waals surface area contributed by atoms with Crippen LogP contribution >= 0.6 is 0 Å². The average Bonchev–Trinajstić information content (AvgIpc) is 2.91. The minimum Gasteiger partial charge on any atom is -0.444 e. The molecule has 1 saturated heterocycles. The van der Waals surface area contributed by atoms with Crippen molar-refractivity contribution < 1.29 is 14.3 Å². The normalized spacial score (nSPS) is 22.9. The fourth-order valence-electron chi connectivity index (χ4n) is 4.29. The number of likely N-dealkylation sites (tertiary alicyclic amines) is 1. The summed E-state index contributed by atoms with van der Waals surface area (Å²) in [5, 5.41) is 3.11. The van der Waals surface area contributed by atoms with Gasteiger partial charge in [-0.1, -0.05) is 30.3 Å². The molecule has 148 valence electrons. The molecule has 2 unspecified atom stereocenters. The molecule has 3 rings (SSSR count). The summed E-state index contributed by atoms with van der Waals surface area (Å²) >= 11 is 0. The third-order valence-corrected chi connectivity index (χ3v) is 5.74. The molecule has 0 spiro atoms. The highest BCUT2D eigenvalue weighted by atomic mass is 16.6. The van der Waals surface area contributed by atoms with E-state index in [0.29, 0.717) is 6.42 Å². The molecule has 2 fully saturated rings. The molecular formula is C22H32N2O3. The van der Waals surface area contributed by atoms with E-state index < -0.39 is 5.60 Å². The molecule has 2 atom stereocenters. The number of hydrogen-bond acceptors (Lipinski definition) is 3. The zero-order valence-electron chi connectivity index (χ0n) is 17.0. The molecule has 1 aromatic rings. The van der Waals surface area contributed by atoms with Gasteiger partial charge in [0.15, 0.2) is 0 Å². The molecule has 1 saturated carbocycles. The van der Waals surface area contributed by atoms with Crippen LogP contribution in [0.1, 0.15) is 71.4 Å². The lowest BCUT2D eigenvalue weighted by Gasteiger charge is -2.44. The number of rotatable bonds is 5. The quantitative estimate of drug-likeness (QED) is 0.831. The fourth-order valence-corrected chi connectivity index (χ4v) is 4.29. The van der Waals surface area contributed by atoms with Crippen LogP contribution in [0.2, 0.25) is 0 Å². The summed E-state index contributed by atoms with van der Waals surface area (Å²) in [6, 6.07) is 10.2. The van der Waals surface area contributed by atoms with Crippen molar-refractivity contribution >= 4 is 12.0 Å². The van der Waals surface area contributed by atoms with E-state index >= 15 is 0 Å². The molecule has 0 bridgehead atoms. The van der Waals surface area contributed by atoms with Crippen molar-refractivity contribution in [3.8, 4) is 0 Å². The third-order valence-electron chi connectivity index (χ3n) is 5.74. The number of amides is 2. The van der Waals surface area contributed by atoms with Crippen molar-refractivity contribution in [3.05, 3.63) is 35.9 Å². The molecular weight excluding hydrogens is 340 g/mol. The van der Waals surface area contributed by atoms with Crippen LogP contribution in [0, 0.1) is 5.92 Å². The van der Waals surface area contributed by atoms with Gasteiger partial charge in [-0.25, -0.2) is 4.79 Å². The van der Waals surface area contributed by atoms with Gasteiger partial charge < -0.3 is 15.0 Å². The minimum atomic E-state index is -0.500. The first-order valence-corrected chi connectivity index (χ1v) is 10.0. The van der Waals surface area contributed by atoms with Crippen LogP contribution in [0.5, 0.6) is 0 Å². The van der Waals surface area contributed by atoms with E-state index in [4.69, 9.17) is 4.74 Å². The SMILES string of the molecule is CC(c1ccccc1)N1CC(CC2(NC(=O)OC(C)(C)C)CCC2)CC1=O. The van der Waals surface area contributed by atoms with E-state index in [1.54, 1.807) is 0 Å². The van der Waals surface area contributed by atoms with Gasteiger partial charge in [0, 0.05) is 18.5 Å². The number of carbonyl (C=O) groups is 2. The minimum absolute atomic E-state index is 0.0832. The number of ether oxygens (including phenoxy) is 1. The Bertz CT molecular complexity index is 677. The monoisotopic (exact) mass is 372 g/mol. The standard InChI is InChI=1S/C22H32N2O3/c1-16(18-9-6-5-7-10-18)24-15-17(13-19(24)25)14-22(11-8-12-22)23-20(26)27-21(2,3)4/h5-7,9-10,16-17H,8,11-15H2,1-4H3,(H,23,26). The van der Waals surface area contributed by atoms with Gasteiger partial charge in [-0.3, -0.25) is 4.79 Å². The Labute approximate surface area is 162 Å². The summed E-state index contributed by atoms with van der Waals surface area (Å²) < 4.78 is 5.44. The van der Waals surface area contributed by atoms with Gasteiger partial charge in [0.05, 0.1) is 6.04 Å². The van der Waals surface area contributed by atoms with Gasteiger partial charge in [0.25, 0.3) is 0 Å². The van der Waals surface area contributed by atoms with Gasteiger partial charge >= 0.3 is 6.09 Å². The molecule has 5 nitrogen and oxygen atoms in total. The van der Waals surface area contributed by atoms with E-state index in [1.165, 1.54) is 0 Å². The van der Waals surface area contributed by atoms with Crippen molar-refractivity contribution in [3.63, 3.8) is 0 Å². The maximum absolute atomic E-state index is 12.6. The van der Waals surface area contributed by atoms with Gasteiger partial charge in [-0.15, -0.1) is 0 Å². The Balaban J connectivity index is 1.60. The van der Waals surface area contributed by atoms with E-state index in [0.717, 1.165) is 37.8 Å². The summed E-state index contributed by atoms with van der Waals surface area (Å²) in [6.07, 6.45) is 4.10. The topological polar surface area (TPSA) is 58.6 Å². The molecule has 2 amide bonds. The summed E-state index contributed by atoms with van der Waals surface area (Å²) in [6.45, 7) is 8.47. The zero-order valence-corrected chi connectivity index (χ0v) is 17.0. The number of hydrogen-bond donors (Lipinski definition) is 1. The summed E-state index contributed by atoms with van der Waals surface area (Å²) in [7, 11) is 0. The van der Waals surface area contributed by atoms with Crippen LogP contribution in [-0.4, -0.2) is 34.6 Å². The third kappa shape index (κ3) is 4.82. The first-order chi connectivity index (χ1) is 12.7. The largest absolute Gasteiger partial charge is 0.444 e. The maximum atomic E-state index is 12.6. The van der Waals surface area contributed by atoms with Crippen LogP contribution in [0.25, 0.3) is 0 Å². The van der Waals surface area contributed by atoms with Crippen molar-refractivity contribution in [2.24, 2.45) is 5.92 Å². The highest BCUT2D eigenvalue weighted by Gasteiger charge is 2.44. The van der Waals surface area contributed by atoms with Crippen LogP contribution in [0.4, 0.5) is 4.79 Å². The molecule has 1 N–H and O–H groups in total. The van der Waals surface area contributed by atoms with Crippen molar-refractivity contribution in [2.45, 2.75) is 77.0 Å². The molecule has 1 aliphatic carbocycles. The molecule has 1 aliphatic heterocycles. The van der Waals surface area contributed by atoms with Crippen molar-refractivity contribution in [1.29, 1.82) is 0 Å². The number of nitrogens with zero attached hydrogens (tertiary/aromatic N) is 1. The van der Waals surface area contributed by atoms with Crippen LogP contribution in [-0.2, 0) is 9.53 Å². The van der Waals surface area contributed by atoms with Gasteiger partial charge in [-0.2, -0.15) is 0 Å². The Hall–Kier alpha value is -2.04. The van der Waals surface area contributed by atoms with Gasteiger partial charge in [0.2, 0.25) is 5.91 Å². The van der Waals surface area contributed by atoms with Crippen LogP contribution in [0.15, 0.2) is 30.3 Å². The smallest absolute Gasteiger partial charge is 0.408 e. The number of carbonyl (C=O) groups excluding carboxylic acids is 2. The van der Waals surface area contributed by atoms with Crippen molar-refractivity contribution in [2.75, 3.05) is 6.54 Å². The second-order valence-electron chi connectivity index (χ2n) is 9.17. The summed E-state index contributed by atoms with van der Waals surface area (Å²) in [5.74, 6) is 0.488. The molecule has 5 heteroatoms. The number of benzene rings is 1. The van der Waals surface area contributed by atoms with E-state index in [-0.39, 0.29) is 29.5 Å². The van der Waals surface area contributed by atoms with Gasteiger partial charge in [-0.05, 0) is 64.9 Å². The van der Waals surface area contributed by atoms with E-state index in [2.05, 4.69) is 24.4 Å². The lowest BCUT2D eigenvalue weighted by Crippen LogP contribution is -2.55. The van der Waals surface area contributed by atoms with E-state index in [1.807, 2.05) is 43.9 Å². The van der Waals surface area contributed by atoms with Crippen LogP contribution in [0.3, 0.4) is 0 Å². The summed E-state index contributed by atoms with van der Waals surface area (Å²) in [5.41, 5.74) is 0.455. The Kier molecular flexibility index (Phi) is 5.50. The van der Waals surface area contributed by atoms with Crippen molar-refractivity contribution in [1.82, 2.24) is 10.2 Å². The summed E-state index contributed by atoms with van der Waals surface area (Å²) in [4.78, 5) is 26.9. The predicted octanol–water partition coefficient (Wildman–Crippen LogP) is 4.43. The molecule has 27 heavy (non-hydrogen) atoms. The number of nitrogens with one attached hydrogen (secondary N) is 1. The molecule has 0 radical (unpaired) electrons. The lowest BCUT2D eigenvalue weighted by atomic mass is 9.71. The average molecular weight is 373 g/mol. The molecule has 0 aromatic heterocycles. The predicted molar refractivity (Wildman–Crippen MR) is 105 cm³/mol. The molecule has 1 heterocycles. The highest BCUT2D eigenvalue weighted by Crippen LogP contribution is 2.41. The maximum Gasteiger partial charge on any atom is 0.408 e. The lowest BCUT2D eigenvalue weighted by molar-refractivity contribution is -0.129. The van der Waals surface area contributed by atoms with Gasteiger partial charge in [0.1, 0.15) is 5.60 Å². The second kappa shape index (κ2) is 7.53. The van der Waals surface area contributed by atoms with E-state index in [9.17, 15) is 9.59 Å². The van der Waals surface area contributed by atoms with Crippen LogP contribution < -0.4 is 5.32 Å². The fraction of sp³-hybridized carbons (Fsp3) is 0.636. The Morgan fingerprint density at radius 2 is 1.96 bits per heavy atom. The Morgan fingerprint density at radius 1 is 1.30 bits per heavy atom. The highest BCUT2D eigenvalue weighted by molar-refractivity contribution is 5.79. The second-order valence-corrected chi connectivity index (χ2v) is 9.17. The zero-order chi connectivity index (χ0) is 19.7. The number of alkyl carbamates (subject to hydrolysis) is 1. The first kappa shape index (κ1) is 19.7. The molecule has 2 aliphatic rings. The Morgan fingerprint density at radius 3 is 2.52 bits per heavy atom. The first-order valence-electron chi connectivity index (χ1n) is 10.0. The molecule has 1 aromatic carbocycles.